The van der Waals surface area contributed by atoms with Gasteiger partial charge in [-0.2, -0.15) is 0 Å². The highest BCUT2D eigenvalue weighted by Crippen LogP contribution is 2.31. The molecular formula is C16H18NO6+. The number of allylic oxidation sites excluding steroid dienone is 1. The summed E-state index contributed by atoms with van der Waals surface area (Å²) in [6.07, 6.45) is 6.47. The van der Waals surface area contributed by atoms with E-state index >= 15 is 0 Å². The fourth-order valence-corrected chi connectivity index (χ4v) is 2.34. The van der Waals surface area contributed by atoms with E-state index in [0.29, 0.717) is 22.5 Å². The van der Waals surface area contributed by atoms with Crippen molar-refractivity contribution in [1.29, 1.82) is 0 Å². The van der Waals surface area contributed by atoms with Crippen LogP contribution in [0.3, 0.4) is 0 Å². The number of ether oxygens (including phenoxy) is 3. The highest BCUT2D eigenvalue weighted by molar-refractivity contribution is 5.67. The molecule has 1 unspecified atom stereocenters. The standard InChI is InChI=1S/C16H18NO6/c1-10(18)22-8-12-7-17(20)16-5-4-13(21-3)6-14(16)15(12)9-23-11(2)19/h4-7,16H,8-9H2,1-3H3/q+1. The lowest BCUT2D eigenvalue weighted by molar-refractivity contribution is -0.500. The van der Waals surface area contributed by atoms with Crippen LogP contribution in [-0.2, 0) is 23.8 Å². The minimum atomic E-state index is -0.527. The number of hydrogen-bond donors (Lipinski definition) is 0. The largest absolute Gasteiger partial charge is 0.497 e. The van der Waals surface area contributed by atoms with Gasteiger partial charge in [-0.25, -0.2) is 0 Å². The first-order valence-electron chi connectivity index (χ1n) is 7.02. The van der Waals surface area contributed by atoms with Gasteiger partial charge in [0.1, 0.15) is 19.0 Å². The predicted octanol–water partition coefficient (Wildman–Crippen LogP) is 1.55. The third kappa shape index (κ3) is 3.94. The smallest absolute Gasteiger partial charge is 0.302 e. The van der Waals surface area contributed by atoms with Gasteiger partial charge in [-0.1, -0.05) is 0 Å². The Morgan fingerprint density at radius 2 is 1.83 bits per heavy atom. The molecule has 0 amide bonds. The minimum absolute atomic E-state index is 0.0105. The van der Waals surface area contributed by atoms with E-state index in [-0.39, 0.29) is 13.2 Å². The van der Waals surface area contributed by atoms with Crippen LogP contribution in [0.25, 0.3) is 0 Å². The number of nitrogens with zero attached hydrogens (tertiary/aromatic N) is 1. The van der Waals surface area contributed by atoms with Gasteiger partial charge >= 0.3 is 11.9 Å². The topological polar surface area (TPSA) is 81.9 Å². The van der Waals surface area contributed by atoms with Crippen LogP contribution in [0.4, 0.5) is 0 Å². The van der Waals surface area contributed by atoms with Gasteiger partial charge in [-0.05, 0) is 18.2 Å². The summed E-state index contributed by atoms with van der Waals surface area (Å²) in [6, 6.07) is -0.527. The van der Waals surface area contributed by atoms with E-state index in [1.165, 1.54) is 27.2 Å². The molecule has 7 nitrogen and oxygen atoms in total. The third-order valence-electron chi connectivity index (χ3n) is 3.44. The monoisotopic (exact) mass is 320 g/mol. The van der Waals surface area contributed by atoms with Crippen molar-refractivity contribution in [2.75, 3.05) is 20.3 Å². The van der Waals surface area contributed by atoms with Crippen molar-refractivity contribution in [3.8, 4) is 0 Å². The highest BCUT2D eigenvalue weighted by Gasteiger charge is 2.36. The average molecular weight is 320 g/mol. The van der Waals surface area contributed by atoms with Crippen LogP contribution in [0, 0.1) is 4.91 Å². The summed E-state index contributed by atoms with van der Waals surface area (Å²) in [6.45, 7) is 2.51. The van der Waals surface area contributed by atoms with Gasteiger partial charge in [0.15, 0.2) is 0 Å². The normalized spacial score (nSPS) is 19.6. The molecule has 0 aromatic heterocycles. The molecule has 0 aromatic carbocycles. The minimum Gasteiger partial charge on any atom is -0.497 e. The highest BCUT2D eigenvalue weighted by atomic mass is 16.5. The molecule has 0 bridgehead atoms. The van der Waals surface area contributed by atoms with Crippen molar-refractivity contribution >= 4 is 11.9 Å². The molecule has 7 heteroatoms. The molecule has 0 aromatic rings. The van der Waals surface area contributed by atoms with Crippen LogP contribution in [0.5, 0.6) is 0 Å². The maximum absolute atomic E-state index is 12.2. The number of carbonyl (C=O) groups is 2. The summed E-state index contributed by atoms with van der Waals surface area (Å²) in [4.78, 5) is 34.4. The van der Waals surface area contributed by atoms with Crippen LogP contribution in [0.15, 0.2) is 46.9 Å². The molecule has 1 heterocycles. The zero-order valence-electron chi connectivity index (χ0n) is 13.2. The van der Waals surface area contributed by atoms with E-state index in [4.69, 9.17) is 14.2 Å². The molecule has 1 aliphatic carbocycles. The Kier molecular flexibility index (Phi) is 5.10. The molecule has 2 rings (SSSR count). The van der Waals surface area contributed by atoms with Crippen molar-refractivity contribution in [2.24, 2.45) is 0 Å². The lowest BCUT2D eigenvalue weighted by atomic mass is 9.89. The molecule has 1 atom stereocenters. The molecule has 2 aliphatic rings. The Morgan fingerprint density at radius 3 is 2.43 bits per heavy atom. The summed E-state index contributed by atoms with van der Waals surface area (Å²) < 4.78 is 16.0. The fourth-order valence-electron chi connectivity index (χ4n) is 2.34. The first-order chi connectivity index (χ1) is 10.9. The summed E-state index contributed by atoms with van der Waals surface area (Å²) >= 11 is 0. The van der Waals surface area contributed by atoms with Crippen LogP contribution >= 0.6 is 0 Å². The number of fused-ring (bicyclic) bond motifs is 1. The Morgan fingerprint density at radius 1 is 1.17 bits per heavy atom. The van der Waals surface area contributed by atoms with E-state index in [0.717, 1.165) is 4.76 Å². The summed E-state index contributed by atoms with van der Waals surface area (Å²) in [5, 5.41) is 0. The molecule has 0 radical (unpaired) electrons. The van der Waals surface area contributed by atoms with E-state index in [1.807, 2.05) is 0 Å². The van der Waals surface area contributed by atoms with E-state index < -0.39 is 18.0 Å². The zero-order chi connectivity index (χ0) is 17.0. The van der Waals surface area contributed by atoms with Gasteiger partial charge in [0, 0.05) is 34.7 Å². The number of hydrogen-bond acceptors (Lipinski definition) is 6. The van der Waals surface area contributed by atoms with Crippen LogP contribution in [0.2, 0.25) is 0 Å². The van der Waals surface area contributed by atoms with Gasteiger partial charge < -0.3 is 14.2 Å². The molecule has 122 valence electrons. The number of methoxy groups -OCH3 is 1. The number of nitroso groups, excluding NO2 is 1. The second-order valence-corrected chi connectivity index (χ2v) is 5.06. The van der Waals surface area contributed by atoms with Gasteiger partial charge in [0.2, 0.25) is 6.20 Å². The van der Waals surface area contributed by atoms with Crippen molar-refractivity contribution in [3.05, 3.63) is 51.8 Å². The molecule has 0 N–H and O–H groups in total. The summed E-state index contributed by atoms with van der Waals surface area (Å²) in [7, 11) is 1.52. The molecule has 0 fully saturated rings. The van der Waals surface area contributed by atoms with Gasteiger partial charge in [-0.3, -0.25) is 9.59 Å². The first-order valence-corrected chi connectivity index (χ1v) is 7.02. The Balaban J connectivity index is 2.41. The lowest BCUT2D eigenvalue weighted by Gasteiger charge is -2.22. The summed E-state index contributed by atoms with van der Waals surface area (Å²) in [5.74, 6) is -0.314. The van der Waals surface area contributed by atoms with E-state index in [2.05, 4.69) is 0 Å². The van der Waals surface area contributed by atoms with Crippen molar-refractivity contribution in [3.63, 3.8) is 0 Å². The zero-order valence-corrected chi connectivity index (χ0v) is 13.2. The van der Waals surface area contributed by atoms with Crippen molar-refractivity contribution in [2.45, 2.75) is 19.9 Å². The maximum Gasteiger partial charge on any atom is 0.302 e. The van der Waals surface area contributed by atoms with Crippen molar-refractivity contribution in [1.82, 2.24) is 0 Å². The van der Waals surface area contributed by atoms with E-state index in [1.54, 1.807) is 18.2 Å². The molecule has 23 heavy (non-hydrogen) atoms. The molecule has 0 saturated carbocycles. The lowest BCUT2D eigenvalue weighted by Crippen LogP contribution is -2.30. The molecular weight excluding hydrogens is 302 g/mol. The molecule has 1 aliphatic heterocycles. The number of carbonyl (C=O) groups excluding carboxylic acids is 2. The Labute approximate surface area is 133 Å². The van der Waals surface area contributed by atoms with E-state index in [9.17, 15) is 14.5 Å². The quantitative estimate of drug-likeness (QED) is 0.565. The Bertz CT molecular complexity index is 668. The van der Waals surface area contributed by atoms with Crippen molar-refractivity contribution < 1.29 is 28.6 Å². The average Bonchev–Trinajstić information content (AvgIpc) is 2.51. The SMILES string of the molecule is COC1=CC2=C(COC(C)=O)C(COC(C)=O)=C[N+](=O)C2C=C1. The predicted molar refractivity (Wildman–Crippen MR) is 80.0 cm³/mol. The second-order valence-electron chi connectivity index (χ2n) is 5.06. The van der Waals surface area contributed by atoms with Gasteiger partial charge in [-0.15, -0.1) is 0 Å². The van der Waals surface area contributed by atoms with Gasteiger partial charge in [0.25, 0.3) is 6.04 Å². The number of rotatable bonds is 5. The first kappa shape index (κ1) is 16.7. The summed E-state index contributed by atoms with van der Waals surface area (Å²) in [5.41, 5.74) is 1.78. The third-order valence-corrected chi connectivity index (χ3v) is 3.44. The van der Waals surface area contributed by atoms with Gasteiger partial charge in [0.05, 0.1) is 12.7 Å². The second kappa shape index (κ2) is 7.04. The Hall–Kier alpha value is -2.70. The maximum atomic E-state index is 12.2. The van der Waals surface area contributed by atoms with Crippen LogP contribution < -0.4 is 0 Å². The molecule has 0 spiro atoms. The number of esters is 2. The fraction of sp³-hybridized carbons (Fsp3) is 0.375. The van der Waals surface area contributed by atoms with Crippen LogP contribution in [-0.4, -0.2) is 43.1 Å². The molecule has 0 saturated heterocycles. The van der Waals surface area contributed by atoms with Crippen LogP contribution in [0.1, 0.15) is 13.8 Å².